The highest BCUT2D eigenvalue weighted by Crippen LogP contribution is 2.26. The first-order chi connectivity index (χ1) is 5.97. The van der Waals surface area contributed by atoms with Crippen molar-refractivity contribution in [3.63, 3.8) is 0 Å². The van der Waals surface area contributed by atoms with E-state index in [2.05, 4.69) is 26.5 Å². The topological polar surface area (TPSA) is 52.0 Å². The summed E-state index contributed by atoms with van der Waals surface area (Å²) >= 11 is 4.27. The number of nitrogens with two attached hydrogens (primary N) is 2. The molecule has 0 saturated heterocycles. The molecular formula is C10H16N2S. The Balaban J connectivity index is 3.10. The SMILES string of the molecule is CC(C)(CN)c1ccc(N)c(S)c1. The predicted molar refractivity (Wildman–Crippen MR) is 60.2 cm³/mol. The smallest absolute Gasteiger partial charge is 0.0449 e. The van der Waals surface area contributed by atoms with Crippen molar-refractivity contribution in [2.24, 2.45) is 5.73 Å². The Morgan fingerprint density at radius 2 is 2.00 bits per heavy atom. The zero-order valence-electron chi connectivity index (χ0n) is 8.04. The monoisotopic (exact) mass is 196 g/mol. The van der Waals surface area contributed by atoms with Crippen LogP contribution in [-0.4, -0.2) is 6.54 Å². The largest absolute Gasteiger partial charge is 0.398 e. The summed E-state index contributed by atoms with van der Waals surface area (Å²) in [6.45, 7) is 4.82. The highest BCUT2D eigenvalue weighted by molar-refractivity contribution is 7.80. The maximum atomic E-state index is 5.67. The first-order valence-electron chi connectivity index (χ1n) is 4.26. The lowest BCUT2D eigenvalue weighted by Crippen LogP contribution is -2.28. The third-order valence-corrected chi connectivity index (χ3v) is 2.71. The molecule has 0 radical (unpaired) electrons. The Labute approximate surface area is 84.7 Å². The molecule has 4 N–H and O–H groups in total. The molecule has 72 valence electrons. The molecule has 0 fully saturated rings. The highest BCUT2D eigenvalue weighted by atomic mass is 32.1. The van der Waals surface area contributed by atoms with Crippen LogP contribution in [0.5, 0.6) is 0 Å². The Hall–Kier alpha value is -0.670. The normalized spacial score (nSPS) is 11.7. The second kappa shape index (κ2) is 3.60. The van der Waals surface area contributed by atoms with E-state index in [1.54, 1.807) is 0 Å². The summed E-state index contributed by atoms with van der Waals surface area (Å²) in [6.07, 6.45) is 0. The van der Waals surface area contributed by atoms with Crippen molar-refractivity contribution < 1.29 is 0 Å². The Bertz CT molecular complexity index is 308. The number of anilines is 1. The Morgan fingerprint density at radius 3 is 2.46 bits per heavy atom. The van der Waals surface area contributed by atoms with Crippen LogP contribution in [0.4, 0.5) is 5.69 Å². The van der Waals surface area contributed by atoms with Crippen LogP contribution in [0.25, 0.3) is 0 Å². The van der Waals surface area contributed by atoms with Crippen LogP contribution in [-0.2, 0) is 5.41 Å². The Morgan fingerprint density at radius 1 is 1.38 bits per heavy atom. The van der Waals surface area contributed by atoms with Gasteiger partial charge in [0.25, 0.3) is 0 Å². The molecule has 0 heterocycles. The van der Waals surface area contributed by atoms with E-state index in [0.717, 1.165) is 4.90 Å². The van der Waals surface area contributed by atoms with Crippen molar-refractivity contribution in [1.29, 1.82) is 0 Å². The fraction of sp³-hybridized carbons (Fsp3) is 0.400. The van der Waals surface area contributed by atoms with E-state index in [-0.39, 0.29) is 5.41 Å². The van der Waals surface area contributed by atoms with E-state index in [0.29, 0.717) is 12.2 Å². The Kier molecular flexibility index (Phi) is 2.88. The summed E-state index contributed by atoms with van der Waals surface area (Å²) < 4.78 is 0. The fourth-order valence-electron chi connectivity index (χ4n) is 1.08. The van der Waals surface area contributed by atoms with Gasteiger partial charge in [-0.2, -0.15) is 0 Å². The molecule has 0 aromatic heterocycles. The average Bonchev–Trinajstić information content (AvgIpc) is 2.09. The molecule has 1 aromatic rings. The van der Waals surface area contributed by atoms with E-state index in [1.807, 2.05) is 18.2 Å². The second-order valence-electron chi connectivity index (χ2n) is 3.86. The molecular weight excluding hydrogens is 180 g/mol. The summed E-state index contributed by atoms with van der Waals surface area (Å²) in [5, 5.41) is 0. The zero-order valence-corrected chi connectivity index (χ0v) is 8.94. The minimum Gasteiger partial charge on any atom is -0.398 e. The summed E-state index contributed by atoms with van der Waals surface area (Å²) in [5.41, 5.74) is 13.2. The maximum absolute atomic E-state index is 5.67. The molecule has 0 atom stereocenters. The molecule has 2 nitrogen and oxygen atoms in total. The molecule has 1 aromatic carbocycles. The highest BCUT2D eigenvalue weighted by Gasteiger charge is 2.18. The first kappa shape index (κ1) is 10.4. The summed E-state index contributed by atoms with van der Waals surface area (Å²) in [7, 11) is 0. The van der Waals surface area contributed by atoms with Gasteiger partial charge in [-0.25, -0.2) is 0 Å². The average molecular weight is 196 g/mol. The van der Waals surface area contributed by atoms with Crippen LogP contribution in [0.15, 0.2) is 23.1 Å². The van der Waals surface area contributed by atoms with Gasteiger partial charge in [0.1, 0.15) is 0 Å². The van der Waals surface area contributed by atoms with Crippen LogP contribution in [0.3, 0.4) is 0 Å². The quantitative estimate of drug-likeness (QED) is 0.499. The number of rotatable bonds is 2. The molecule has 3 heteroatoms. The van der Waals surface area contributed by atoms with Gasteiger partial charge in [0.05, 0.1) is 0 Å². The standard InChI is InChI=1S/C10H16N2S/c1-10(2,6-11)7-3-4-8(12)9(13)5-7/h3-5,13H,6,11-12H2,1-2H3. The molecule has 0 saturated carbocycles. The van der Waals surface area contributed by atoms with Crippen molar-refractivity contribution in [3.8, 4) is 0 Å². The minimum atomic E-state index is -0.00875. The van der Waals surface area contributed by atoms with E-state index < -0.39 is 0 Å². The van der Waals surface area contributed by atoms with Gasteiger partial charge in [0.15, 0.2) is 0 Å². The zero-order chi connectivity index (χ0) is 10.1. The molecule has 0 aliphatic carbocycles. The molecule has 0 amide bonds. The van der Waals surface area contributed by atoms with Gasteiger partial charge in [-0.3, -0.25) is 0 Å². The van der Waals surface area contributed by atoms with Crippen molar-refractivity contribution in [2.45, 2.75) is 24.2 Å². The molecule has 1 rings (SSSR count). The number of benzene rings is 1. The number of hydrogen-bond donors (Lipinski definition) is 3. The van der Waals surface area contributed by atoms with E-state index in [4.69, 9.17) is 11.5 Å². The van der Waals surface area contributed by atoms with Gasteiger partial charge in [-0.05, 0) is 17.7 Å². The van der Waals surface area contributed by atoms with Crippen LogP contribution in [0.2, 0.25) is 0 Å². The first-order valence-corrected chi connectivity index (χ1v) is 4.71. The van der Waals surface area contributed by atoms with Crippen molar-refractivity contribution in [1.82, 2.24) is 0 Å². The number of nitrogen functional groups attached to an aromatic ring is 1. The van der Waals surface area contributed by atoms with Crippen molar-refractivity contribution in [2.75, 3.05) is 12.3 Å². The van der Waals surface area contributed by atoms with Gasteiger partial charge in [-0.1, -0.05) is 19.9 Å². The maximum Gasteiger partial charge on any atom is 0.0449 e. The molecule has 0 aliphatic heterocycles. The van der Waals surface area contributed by atoms with Gasteiger partial charge >= 0.3 is 0 Å². The molecule has 0 aliphatic rings. The van der Waals surface area contributed by atoms with E-state index >= 15 is 0 Å². The summed E-state index contributed by atoms with van der Waals surface area (Å²) in [5.74, 6) is 0. The molecule has 0 bridgehead atoms. The summed E-state index contributed by atoms with van der Waals surface area (Å²) in [4.78, 5) is 0.819. The van der Waals surface area contributed by atoms with Crippen LogP contribution < -0.4 is 11.5 Å². The lowest BCUT2D eigenvalue weighted by molar-refractivity contribution is 0.538. The van der Waals surface area contributed by atoms with Gasteiger partial charge < -0.3 is 11.5 Å². The number of hydrogen-bond acceptors (Lipinski definition) is 3. The third-order valence-electron chi connectivity index (χ3n) is 2.32. The predicted octanol–water partition coefficient (Wildman–Crippen LogP) is 1.79. The fourth-order valence-corrected chi connectivity index (χ4v) is 1.30. The third kappa shape index (κ3) is 2.17. The number of thiol groups is 1. The van der Waals surface area contributed by atoms with Gasteiger partial charge in [0, 0.05) is 22.5 Å². The van der Waals surface area contributed by atoms with Gasteiger partial charge in [0.2, 0.25) is 0 Å². The van der Waals surface area contributed by atoms with Crippen molar-refractivity contribution in [3.05, 3.63) is 23.8 Å². The van der Waals surface area contributed by atoms with Crippen LogP contribution in [0.1, 0.15) is 19.4 Å². The minimum absolute atomic E-state index is 0.00875. The molecule has 0 spiro atoms. The molecule has 0 unspecified atom stereocenters. The van der Waals surface area contributed by atoms with E-state index in [1.165, 1.54) is 5.56 Å². The van der Waals surface area contributed by atoms with Gasteiger partial charge in [-0.15, -0.1) is 12.6 Å². The van der Waals surface area contributed by atoms with E-state index in [9.17, 15) is 0 Å². The second-order valence-corrected chi connectivity index (χ2v) is 4.34. The lowest BCUT2D eigenvalue weighted by atomic mass is 9.85. The van der Waals surface area contributed by atoms with Crippen LogP contribution >= 0.6 is 12.6 Å². The van der Waals surface area contributed by atoms with Crippen LogP contribution in [0, 0.1) is 0 Å². The van der Waals surface area contributed by atoms with Crippen molar-refractivity contribution >= 4 is 18.3 Å². The summed E-state index contributed by atoms with van der Waals surface area (Å²) in [6, 6.07) is 5.85. The molecule has 13 heavy (non-hydrogen) atoms. The lowest BCUT2D eigenvalue weighted by Gasteiger charge is -2.23.